The van der Waals surface area contributed by atoms with Crippen molar-refractivity contribution in [2.45, 2.75) is 96.3 Å². The summed E-state index contributed by atoms with van der Waals surface area (Å²) in [6.07, 6.45) is 19.9. The Balaban J connectivity index is 0. The van der Waals surface area contributed by atoms with Crippen LogP contribution < -0.4 is 56.5 Å². The second kappa shape index (κ2) is 20.8. The molecule has 2 nitrogen and oxygen atoms in total. The van der Waals surface area contributed by atoms with E-state index in [0.29, 0.717) is 0 Å². The van der Waals surface area contributed by atoms with E-state index in [2.05, 4.69) is 6.58 Å². The Bertz CT molecular complexity index is 229. The maximum Gasteiger partial charge on any atom is 1.00 e. The number of hydrogen-bond acceptors (Lipinski definition) is 2. The van der Waals surface area contributed by atoms with Gasteiger partial charge in [-0.15, -0.1) is 6.58 Å². The molecule has 0 saturated heterocycles. The molecule has 0 radical (unpaired) electrons. The van der Waals surface area contributed by atoms with E-state index in [-0.39, 0.29) is 57.8 Å². The molecule has 0 saturated carbocycles. The van der Waals surface area contributed by atoms with Crippen LogP contribution in [0.15, 0.2) is 12.7 Å². The molecule has 0 aliphatic rings. The van der Waals surface area contributed by atoms with Gasteiger partial charge in [0.1, 0.15) is 0 Å². The Labute approximate surface area is 174 Å². The van der Waals surface area contributed by atoms with Crippen molar-refractivity contribution in [3.8, 4) is 0 Å². The smallest absolute Gasteiger partial charge is 0.550 e. The second-order valence-corrected chi connectivity index (χ2v) is 5.80. The molecule has 0 atom stereocenters. The van der Waals surface area contributed by atoms with Crippen LogP contribution in [0.1, 0.15) is 96.3 Å². The van der Waals surface area contributed by atoms with Gasteiger partial charge < -0.3 is 9.90 Å². The molecule has 0 rings (SSSR count). The van der Waals surface area contributed by atoms with E-state index in [9.17, 15) is 9.90 Å². The minimum atomic E-state index is -0.908. The molecule has 0 aromatic heterocycles. The van der Waals surface area contributed by atoms with Crippen LogP contribution in [0.5, 0.6) is 0 Å². The number of carbonyl (C=O) groups is 1. The maximum absolute atomic E-state index is 10.2. The zero-order chi connectivity index (χ0) is 14.9. The van der Waals surface area contributed by atoms with E-state index in [4.69, 9.17) is 0 Å². The van der Waals surface area contributed by atoms with E-state index >= 15 is 0 Å². The molecule has 118 valence electrons. The number of unbranched alkanes of at least 4 members (excludes halogenated alkanes) is 13. The van der Waals surface area contributed by atoms with Crippen molar-refractivity contribution >= 4 is 5.97 Å². The molecule has 0 aromatic carbocycles. The van der Waals surface area contributed by atoms with Gasteiger partial charge in [-0.25, -0.2) is 0 Å². The number of allylic oxidation sites excluding steroid dienone is 1. The minimum Gasteiger partial charge on any atom is -0.550 e. The summed E-state index contributed by atoms with van der Waals surface area (Å²) >= 11 is 0. The van der Waals surface area contributed by atoms with Gasteiger partial charge in [-0.3, -0.25) is 0 Å². The molecule has 0 bridgehead atoms. The Kier molecular flexibility index (Phi) is 23.9. The van der Waals surface area contributed by atoms with Crippen LogP contribution in [0.3, 0.4) is 0 Å². The molecule has 0 N–H and O–H groups in total. The molecule has 3 heteroatoms. The molecule has 0 aliphatic carbocycles. The Morgan fingerprint density at radius 2 is 1.05 bits per heavy atom. The van der Waals surface area contributed by atoms with Crippen LogP contribution in [-0.2, 0) is 4.79 Å². The first-order chi connectivity index (χ1) is 9.77. The fraction of sp³-hybridized carbons (Fsp3) is 0.833. The van der Waals surface area contributed by atoms with Gasteiger partial charge in [0, 0.05) is 5.97 Å². The number of carbonyl (C=O) groups excluding carboxylic acids is 1. The van der Waals surface area contributed by atoms with Gasteiger partial charge >= 0.3 is 51.4 Å². The first kappa shape index (κ1) is 24.1. The van der Waals surface area contributed by atoms with E-state index < -0.39 is 5.97 Å². The molecule has 0 fully saturated rings. The monoisotopic (exact) mass is 320 g/mol. The minimum absolute atomic E-state index is 0. The second-order valence-electron chi connectivity index (χ2n) is 5.80. The third kappa shape index (κ3) is 23.2. The fourth-order valence-electron chi connectivity index (χ4n) is 2.50. The van der Waals surface area contributed by atoms with Crippen molar-refractivity contribution in [2.24, 2.45) is 0 Å². The van der Waals surface area contributed by atoms with E-state index in [1.807, 2.05) is 6.08 Å². The Morgan fingerprint density at radius 1 is 0.714 bits per heavy atom. The van der Waals surface area contributed by atoms with Gasteiger partial charge in [0.05, 0.1) is 0 Å². The topological polar surface area (TPSA) is 40.1 Å². The standard InChI is InChI=1S/C18H34O2.K/c1-2-3-4-5-6-7-8-9-10-11-12-13-14-15-16-17-18(19)20;/h2H,1,3-17H2,(H,19,20);/q;+1/p-1. The summed E-state index contributed by atoms with van der Waals surface area (Å²) in [5.41, 5.74) is 0. The van der Waals surface area contributed by atoms with Crippen molar-refractivity contribution < 1.29 is 61.3 Å². The number of rotatable bonds is 16. The van der Waals surface area contributed by atoms with Crippen molar-refractivity contribution in [1.29, 1.82) is 0 Å². The summed E-state index contributed by atoms with van der Waals surface area (Å²) in [5, 5.41) is 10.2. The normalized spacial score (nSPS) is 10.1. The third-order valence-electron chi connectivity index (χ3n) is 3.79. The summed E-state index contributed by atoms with van der Waals surface area (Å²) in [6, 6.07) is 0. The van der Waals surface area contributed by atoms with Crippen LogP contribution in [0.2, 0.25) is 0 Å². The quantitative estimate of drug-likeness (QED) is 0.247. The molecule has 0 unspecified atom stereocenters. The van der Waals surface area contributed by atoms with E-state index in [1.54, 1.807) is 0 Å². The largest absolute Gasteiger partial charge is 1.00 e. The van der Waals surface area contributed by atoms with Gasteiger partial charge in [-0.2, -0.15) is 0 Å². The fourth-order valence-corrected chi connectivity index (χ4v) is 2.50. The van der Waals surface area contributed by atoms with Crippen molar-refractivity contribution in [2.75, 3.05) is 0 Å². The molecule has 0 aliphatic heterocycles. The number of carboxylic acid groups (broad SMARTS) is 1. The van der Waals surface area contributed by atoms with Gasteiger partial charge in [-0.1, -0.05) is 76.7 Å². The summed E-state index contributed by atoms with van der Waals surface area (Å²) in [4.78, 5) is 10.2. The maximum atomic E-state index is 10.2. The molecular weight excluding hydrogens is 287 g/mol. The predicted octanol–water partition coefficient (Wildman–Crippen LogP) is 1.78. The molecule has 0 amide bonds. The Hall–Kier alpha value is 0.846. The number of aliphatic carboxylic acids is 1. The first-order valence-electron chi connectivity index (χ1n) is 8.58. The molecular formula is C18H33KO2. The van der Waals surface area contributed by atoms with Crippen molar-refractivity contribution in [3.05, 3.63) is 12.7 Å². The van der Waals surface area contributed by atoms with Gasteiger partial charge in [0.25, 0.3) is 0 Å². The average molecular weight is 321 g/mol. The molecule has 0 aromatic rings. The van der Waals surface area contributed by atoms with Crippen LogP contribution in [0.4, 0.5) is 0 Å². The van der Waals surface area contributed by atoms with Crippen molar-refractivity contribution in [1.82, 2.24) is 0 Å². The summed E-state index contributed by atoms with van der Waals surface area (Å²) in [6.45, 7) is 3.74. The van der Waals surface area contributed by atoms with E-state index in [0.717, 1.165) is 12.8 Å². The van der Waals surface area contributed by atoms with Gasteiger partial charge in [0.2, 0.25) is 0 Å². The third-order valence-corrected chi connectivity index (χ3v) is 3.79. The molecule has 0 heterocycles. The van der Waals surface area contributed by atoms with Gasteiger partial charge in [-0.05, 0) is 25.7 Å². The predicted molar refractivity (Wildman–Crippen MR) is 84.5 cm³/mol. The summed E-state index contributed by atoms with van der Waals surface area (Å²) < 4.78 is 0. The van der Waals surface area contributed by atoms with Crippen molar-refractivity contribution in [3.63, 3.8) is 0 Å². The van der Waals surface area contributed by atoms with Crippen LogP contribution >= 0.6 is 0 Å². The average Bonchev–Trinajstić information content (AvgIpc) is 2.43. The Morgan fingerprint density at radius 3 is 1.38 bits per heavy atom. The molecule has 21 heavy (non-hydrogen) atoms. The number of carboxylic acids is 1. The zero-order valence-electron chi connectivity index (χ0n) is 14.2. The zero-order valence-corrected chi connectivity index (χ0v) is 17.3. The summed E-state index contributed by atoms with van der Waals surface area (Å²) in [7, 11) is 0. The van der Waals surface area contributed by atoms with Crippen LogP contribution in [0, 0.1) is 0 Å². The van der Waals surface area contributed by atoms with Crippen LogP contribution in [-0.4, -0.2) is 5.97 Å². The molecule has 0 spiro atoms. The number of hydrogen-bond donors (Lipinski definition) is 0. The SMILES string of the molecule is C=CCCCCCCCCCCCCCCCC(=O)[O-].[K+]. The summed E-state index contributed by atoms with van der Waals surface area (Å²) in [5.74, 6) is -0.908. The first-order valence-corrected chi connectivity index (χ1v) is 8.58. The van der Waals surface area contributed by atoms with Gasteiger partial charge in [0.15, 0.2) is 0 Å². The van der Waals surface area contributed by atoms with Crippen LogP contribution in [0.25, 0.3) is 0 Å². The van der Waals surface area contributed by atoms with E-state index in [1.165, 1.54) is 77.0 Å².